The van der Waals surface area contributed by atoms with E-state index in [9.17, 15) is 13.2 Å². The molecule has 2 N–H and O–H groups in total. The van der Waals surface area contributed by atoms with Gasteiger partial charge in [0.15, 0.2) is 0 Å². The summed E-state index contributed by atoms with van der Waals surface area (Å²) in [5.74, 6) is -0.152. The minimum Gasteiger partial charge on any atom is -0.379 e. The number of likely N-dealkylation sites (tertiary alicyclic amines) is 1. The molecule has 7 nitrogen and oxygen atoms in total. The number of halogens is 1. The Hall–Kier alpha value is -1.19. The van der Waals surface area contributed by atoms with Crippen LogP contribution in [0.5, 0.6) is 0 Å². The molecule has 2 heterocycles. The fourth-order valence-electron chi connectivity index (χ4n) is 3.52. The minimum atomic E-state index is -3.64. The zero-order valence-corrected chi connectivity index (χ0v) is 17.2. The minimum absolute atomic E-state index is 0. The van der Waals surface area contributed by atoms with Crippen LogP contribution in [-0.4, -0.2) is 69.0 Å². The van der Waals surface area contributed by atoms with Crippen LogP contribution >= 0.6 is 12.4 Å². The molecule has 0 spiro atoms. The second-order valence-corrected chi connectivity index (χ2v) is 8.75. The maximum atomic E-state index is 13.1. The number of carbonyl (C=O) groups excluding carboxylic acids is 1. The summed E-state index contributed by atoms with van der Waals surface area (Å²) in [5.41, 5.74) is 7.11. The Morgan fingerprint density at radius 2 is 1.96 bits per heavy atom. The van der Waals surface area contributed by atoms with Crippen molar-refractivity contribution in [2.24, 2.45) is 5.73 Å². The Labute approximate surface area is 167 Å². The van der Waals surface area contributed by atoms with E-state index in [1.165, 1.54) is 10.4 Å². The van der Waals surface area contributed by atoms with Crippen molar-refractivity contribution in [3.05, 3.63) is 29.3 Å². The van der Waals surface area contributed by atoms with Gasteiger partial charge in [-0.1, -0.05) is 13.0 Å². The number of ether oxygens (including phenoxy) is 1. The third-order valence-electron chi connectivity index (χ3n) is 5.03. The molecule has 0 aliphatic carbocycles. The smallest absolute Gasteiger partial charge is 0.253 e. The molecular weight excluding hydrogens is 390 g/mol. The summed E-state index contributed by atoms with van der Waals surface area (Å²) in [6.45, 7) is 4.55. The van der Waals surface area contributed by atoms with Crippen LogP contribution in [0.15, 0.2) is 23.1 Å². The van der Waals surface area contributed by atoms with Gasteiger partial charge in [0, 0.05) is 37.8 Å². The molecule has 2 fully saturated rings. The number of amides is 1. The first kappa shape index (κ1) is 22.1. The molecule has 152 valence electrons. The molecule has 2 saturated heterocycles. The highest BCUT2D eigenvalue weighted by Crippen LogP contribution is 2.24. The molecule has 2 aliphatic rings. The molecule has 1 amide bonds. The first-order valence-corrected chi connectivity index (χ1v) is 10.6. The van der Waals surface area contributed by atoms with Crippen molar-refractivity contribution in [1.82, 2.24) is 9.21 Å². The second-order valence-electron chi connectivity index (χ2n) is 6.85. The van der Waals surface area contributed by atoms with Gasteiger partial charge in [-0.05, 0) is 37.0 Å². The van der Waals surface area contributed by atoms with Gasteiger partial charge in [-0.2, -0.15) is 4.31 Å². The third-order valence-corrected chi connectivity index (χ3v) is 7.01. The van der Waals surface area contributed by atoms with E-state index in [0.717, 1.165) is 18.4 Å². The standard InChI is InChI=1S/C18H27N3O4S.ClH/c1-2-14-5-6-15(18(22)20-7-3-4-16(19)13-20)12-17(14)26(23,24)21-8-10-25-11-9-21;/h5-6,12,16H,2-4,7-11,13,19H2,1H3;1H. The van der Waals surface area contributed by atoms with Crippen LogP contribution < -0.4 is 5.73 Å². The summed E-state index contributed by atoms with van der Waals surface area (Å²) in [5, 5.41) is 0. The number of aryl methyl sites for hydroxylation is 1. The Kier molecular flexibility index (Phi) is 7.64. The largest absolute Gasteiger partial charge is 0.379 e. The van der Waals surface area contributed by atoms with Crippen LogP contribution in [0.1, 0.15) is 35.7 Å². The van der Waals surface area contributed by atoms with E-state index in [0.29, 0.717) is 51.4 Å². The fourth-order valence-corrected chi connectivity index (χ4v) is 5.25. The van der Waals surface area contributed by atoms with Gasteiger partial charge in [0.05, 0.1) is 18.1 Å². The van der Waals surface area contributed by atoms with E-state index in [-0.39, 0.29) is 29.3 Å². The van der Waals surface area contributed by atoms with Crippen molar-refractivity contribution < 1.29 is 17.9 Å². The number of hydrogen-bond acceptors (Lipinski definition) is 5. The van der Waals surface area contributed by atoms with E-state index >= 15 is 0 Å². The molecule has 1 unspecified atom stereocenters. The van der Waals surface area contributed by atoms with E-state index < -0.39 is 10.0 Å². The first-order valence-electron chi connectivity index (χ1n) is 9.19. The highest BCUT2D eigenvalue weighted by atomic mass is 35.5. The van der Waals surface area contributed by atoms with Gasteiger partial charge in [-0.15, -0.1) is 12.4 Å². The summed E-state index contributed by atoms with van der Waals surface area (Å²) in [6, 6.07) is 5.00. The lowest BCUT2D eigenvalue weighted by Gasteiger charge is -2.31. The van der Waals surface area contributed by atoms with Crippen LogP contribution in [-0.2, 0) is 21.2 Å². The number of sulfonamides is 1. The van der Waals surface area contributed by atoms with Crippen molar-refractivity contribution in [1.29, 1.82) is 0 Å². The SMILES string of the molecule is CCc1ccc(C(=O)N2CCCC(N)C2)cc1S(=O)(=O)N1CCOCC1.Cl. The third kappa shape index (κ3) is 4.81. The van der Waals surface area contributed by atoms with Crippen molar-refractivity contribution in [2.75, 3.05) is 39.4 Å². The van der Waals surface area contributed by atoms with Crippen LogP contribution in [0.3, 0.4) is 0 Å². The lowest BCUT2D eigenvalue weighted by Crippen LogP contribution is -2.45. The molecule has 1 aromatic rings. The number of hydrogen-bond donors (Lipinski definition) is 1. The lowest BCUT2D eigenvalue weighted by molar-refractivity contribution is 0.0707. The van der Waals surface area contributed by atoms with E-state index in [1.54, 1.807) is 17.0 Å². The number of morpholine rings is 1. The average Bonchev–Trinajstić information content (AvgIpc) is 2.67. The van der Waals surface area contributed by atoms with Crippen molar-refractivity contribution in [3.8, 4) is 0 Å². The van der Waals surface area contributed by atoms with Gasteiger partial charge in [-0.3, -0.25) is 4.79 Å². The summed E-state index contributed by atoms with van der Waals surface area (Å²) < 4.78 is 32.9. The highest BCUT2D eigenvalue weighted by molar-refractivity contribution is 7.89. The molecule has 27 heavy (non-hydrogen) atoms. The maximum absolute atomic E-state index is 13.1. The Morgan fingerprint density at radius 1 is 1.26 bits per heavy atom. The fraction of sp³-hybridized carbons (Fsp3) is 0.611. The molecule has 0 radical (unpaired) electrons. The molecule has 2 aliphatic heterocycles. The number of carbonyl (C=O) groups is 1. The van der Waals surface area contributed by atoms with Crippen molar-refractivity contribution in [2.45, 2.75) is 37.1 Å². The van der Waals surface area contributed by atoms with Crippen LogP contribution in [0.25, 0.3) is 0 Å². The predicted octanol–water partition coefficient (Wildman–Crippen LogP) is 1.26. The summed E-state index contributed by atoms with van der Waals surface area (Å²) in [4.78, 5) is 14.8. The van der Waals surface area contributed by atoms with Gasteiger partial charge in [0.25, 0.3) is 5.91 Å². The monoisotopic (exact) mass is 417 g/mol. The van der Waals surface area contributed by atoms with Gasteiger partial charge in [-0.25, -0.2) is 8.42 Å². The number of nitrogens with two attached hydrogens (primary N) is 1. The maximum Gasteiger partial charge on any atom is 0.253 e. The first-order chi connectivity index (χ1) is 12.4. The van der Waals surface area contributed by atoms with Gasteiger partial charge in [0.1, 0.15) is 0 Å². The molecule has 9 heteroatoms. The normalized spacial score (nSPS) is 21.6. The predicted molar refractivity (Wildman–Crippen MR) is 106 cm³/mol. The quantitative estimate of drug-likeness (QED) is 0.795. The van der Waals surface area contributed by atoms with E-state index in [1.807, 2.05) is 6.92 Å². The van der Waals surface area contributed by atoms with Crippen LogP contribution in [0.4, 0.5) is 0 Å². The van der Waals surface area contributed by atoms with Gasteiger partial charge >= 0.3 is 0 Å². The average molecular weight is 418 g/mol. The van der Waals surface area contributed by atoms with Crippen molar-refractivity contribution >= 4 is 28.3 Å². The topological polar surface area (TPSA) is 92.9 Å². The Balaban J connectivity index is 0.00000261. The Morgan fingerprint density at radius 3 is 2.59 bits per heavy atom. The number of rotatable bonds is 4. The van der Waals surface area contributed by atoms with Gasteiger partial charge < -0.3 is 15.4 Å². The van der Waals surface area contributed by atoms with E-state index in [4.69, 9.17) is 10.5 Å². The zero-order valence-electron chi connectivity index (χ0n) is 15.6. The molecule has 0 bridgehead atoms. The lowest BCUT2D eigenvalue weighted by atomic mass is 10.0. The Bertz CT molecular complexity index is 766. The van der Waals surface area contributed by atoms with E-state index in [2.05, 4.69) is 0 Å². The summed E-state index contributed by atoms with van der Waals surface area (Å²) in [6.07, 6.45) is 2.37. The zero-order chi connectivity index (χ0) is 18.7. The highest BCUT2D eigenvalue weighted by Gasteiger charge is 2.30. The van der Waals surface area contributed by atoms with Crippen LogP contribution in [0.2, 0.25) is 0 Å². The molecular formula is C18H28ClN3O4S. The summed E-state index contributed by atoms with van der Waals surface area (Å²) >= 11 is 0. The number of benzene rings is 1. The van der Waals surface area contributed by atoms with Gasteiger partial charge in [0.2, 0.25) is 10.0 Å². The molecule has 0 aromatic heterocycles. The molecule has 3 rings (SSSR count). The number of piperidine rings is 1. The molecule has 1 atom stereocenters. The second kappa shape index (κ2) is 9.34. The van der Waals surface area contributed by atoms with Crippen LogP contribution in [0, 0.1) is 0 Å². The molecule has 0 saturated carbocycles. The summed E-state index contributed by atoms with van der Waals surface area (Å²) in [7, 11) is -3.64. The number of nitrogens with zero attached hydrogens (tertiary/aromatic N) is 2. The van der Waals surface area contributed by atoms with Crippen molar-refractivity contribution in [3.63, 3.8) is 0 Å². The molecule has 1 aromatic carbocycles.